The van der Waals surface area contributed by atoms with Crippen LogP contribution in [0.4, 0.5) is 8.78 Å². The van der Waals surface area contributed by atoms with E-state index in [-0.39, 0.29) is 12.2 Å². The Morgan fingerprint density at radius 2 is 1.58 bits per heavy atom. The lowest BCUT2D eigenvalue weighted by Gasteiger charge is -2.03. The topological polar surface area (TPSA) is 17.1 Å². The van der Waals surface area contributed by atoms with E-state index in [0.29, 0.717) is 11.1 Å². The highest BCUT2D eigenvalue weighted by molar-refractivity contribution is 5.97. The highest BCUT2D eigenvalue weighted by Crippen LogP contribution is 2.13. The number of aryl methyl sites for hydroxylation is 1. The molecule has 0 saturated heterocycles. The smallest absolute Gasteiger partial charge is 0.167 e. The summed E-state index contributed by atoms with van der Waals surface area (Å²) in [4.78, 5) is 12.0. The number of Topliss-reactive ketones (excluding diaryl/α,β-unsaturated/α-hetero) is 1. The third-order valence-electron chi connectivity index (χ3n) is 3.03. The number of carbonyl (C=O) groups excluding carboxylic acids is 1. The molecule has 0 atom stereocenters. The van der Waals surface area contributed by atoms with Gasteiger partial charge in [-0.1, -0.05) is 37.3 Å². The molecule has 0 aliphatic rings. The van der Waals surface area contributed by atoms with Crippen LogP contribution in [-0.4, -0.2) is 5.78 Å². The Labute approximate surface area is 110 Å². The molecule has 3 heteroatoms. The van der Waals surface area contributed by atoms with Crippen molar-refractivity contribution in [1.29, 1.82) is 0 Å². The van der Waals surface area contributed by atoms with E-state index in [2.05, 4.69) is 0 Å². The van der Waals surface area contributed by atoms with Crippen LogP contribution in [0.25, 0.3) is 0 Å². The van der Waals surface area contributed by atoms with Crippen LogP contribution >= 0.6 is 0 Å². The van der Waals surface area contributed by atoms with E-state index in [1.54, 1.807) is 12.1 Å². The van der Waals surface area contributed by atoms with Crippen LogP contribution in [0.2, 0.25) is 0 Å². The van der Waals surface area contributed by atoms with Crippen molar-refractivity contribution >= 4 is 5.78 Å². The minimum absolute atomic E-state index is 0.0721. The Hall–Kier alpha value is -2.03. The summed E-state index contributed by atoms with van der Waals surface area (Å²) in [5.41, 5.74) is 2.22. The lowest BCUT2D eigenvalue weighted by Crippen LogP contribution is -2.04. The number of hydrogen-bond donors (Lipinski definition) is 0. The first-order valence-electron chi connectivity index (χ1n) is 6.16. The third kappa shape index (κ3) is 3.25. The maximum Gasteiger partial charge on any atom is 0.167 e. The molecule has 0 bridgehead atoms. The summed E-state index contributed by atoms with van der Waals surface area (Å²) in [6.45, 7) is 2.04. The molecule has 2 aromatic carbocycles. The van der Waals surface area contributed by atoms with Crippen LogP contribution in [0.1, 0.15) is 28.4 Å². The van der Waals surface area contributed by atoms with E-state index in [9.17, 15) is 13.6 Å². The van der Waals surface area contributed by atoms with Gasteiger partial charge in [-0.2, -0.15) is 0 Å². The number of carbonyl (C=O) groups is 1. The van der Waals surface area contributed by atoms with Gasteiger partial charge in [-0.25, -0.2) is 8.78 Å². The highest BCUT2D eigenvalue weighted by Gasteiger charge is 2.09. The van der Waals surface area contributed by atoms with Crippen molar-refractivity contribution in [3.63, 3.8) is 0 Å². The van der Waals surface area contributed by atoms with Gasteiger partial charge in [-0.05, 0) is 29.7 Å². The van der Waals surface area contributed by atoms with E-state index in [0.717, 1.165) is 24.1 Å². The molecule has 0 heterocycles. The van der Waals surface area contributed by atoms with Crippen LogP contribution in [0.15, 0.2) is 42.5 Å². The van der Waals surface area contributed by atoms with Gasteiger partial charge >= 0.3 is 0 Å². The van der Waals surface area contributed by atoms with Crippen molar-refractivity contribution in [2.45, 2.75) is 19.8 Å². The molecule has 2 rings (SSSR count). The number of hydrogen-bond acceptors (Lipinski definition) is 1. The number of ketones is 1. The van der Waals surface area contributed by atoms with Gasteiger partial charge in [0.2, 0.25) is 0 Å². The summed E-state index contributed by atoms with van der Waals surface area (Å²) >= 11 is 0. The normalized spacial score (nSPS) is 10.5. The summed E-state index contributed by atoms with van der Waals surface area (Å²) in [5.74, 6) is -1.93. The second-order valence-electron chi connectivity index (χ2n) is 4.40. The molecule has 0 N–H and O–H groups in total. The summed E-state index contributed by atoms with van der Waals surface area (Å²) < 4.78 is 25.8. The fourth-order valence-corrected chi connectivity index (χ4v) is 1.86. The minimum Gasteiger partial charge on any atom is -0.294 e. The Bertz CT molecular complexity index is 588. The Kier molecular flexibility index (Phi) is 4.05. The number of benzene rings is 2. The van der Waals surface area contributed by atoms with Crippen LogP contribution in [0.5, 0.6) is 0 Å². The monoisotopic (exact) mass is 260 g/mol. The molecule has 0 saturated carbocycles. The molecule has 98 valence electrons. The van der Waals surface area contributed by atoms with Crippen molar-refractivity contribution in [3.8, 4) is 0 Å². The van der Waals surface area contributed by atoms with Crippen LogP contribution < -0.4 is 0 Å². The molecule has 0 amide bonds. The zero-order valence-corrected chi connectivity index (χ0v) is 10.6. The van der Waals surface area contributed by atoms with Crippen molar-refractivity contribution < 1.29 is 13.6 Å². The van der Waals surface area contributed by atoms with Gasteiger partial charge in [0.1, 0.15) is 0 Å². The summed E-state index contributed by atoms with van der Waals surface area (Å²) in [6.07, 6.45) is 0.986. The lowest BCUT2D eigenvalue weighted by molar-refractivity contribution is 0.0993. The molecule has 0 unspecified atom stereocenters. The summed E-state index contributed by atoms with van der Waals surface area (Å²) in [7, 11) is 0. The van der Waals surface area contributed by atoms with Gasteiger partial charge in [0.25, 0.3) is 0 Å². The van der Waals surface area contributed by atoms with Gasteiger partial charge < -0.3 is 0 Å². The molecule has 0 radical (unpaired) electrons. The molecule has 0 aliphatic heterocycles. The minimum atomic E-state index is -0.924. The van der Waals surface area contributed by atoms with Gasteiger partial charge in [-0.15, -0.1) is 0 Å². The van der Waals surface area contributed by atoms with E-state index < -0.39 is 11.6 Å². The van der Waals surface area contributed by atoms with E-state index in [4.69, 9.17) is 0 Å². The second-order valence-corrected chi connectivity index (χ2v) is 4.40. The number of rotatable bonds is 4. The zero-order valence-electron chi connectivity index (χ0n) is 10.6. The molecule has 2 aromatic rings. The average molecular weight is 260 g/mol. The van der Waals surface area contributed by atoms with Crippen LogP contribution in [0.3, 0.4) is 0 Å². The maximum atomic E-state index is 13.0. The first kappa shape index (κ1) is 13.4. The standard InChI is InChI=1S/C16H14F2O/c1-2-11-3-6-13(7-4-11)16(19)10-12-5-8-14(17)15(18)9-12/h3-9H,2,10H2,1H3. The van der Waals surface area contributed by atoms with Gasteiger partial charge in [-0.3, -0.25) is 4.79 Å². The Morgan fingerprint density at radius 1 is 0.947 bits per heavy atom. The maximum absolute atomic E-state index is 13.0. The SMILES string of the molecule is CCc1ccc(C(=O)Cc2ccc(F)c(F)c2)cc1. The largest absolute Gasteiger partial charge is 0.294 e. The van der Waals surface area contributed by atoms with Crippen LogP contribution in [0, 0.1) is 11.6 Å². The van der Waals surface area contributed by atoms with Crippen molar-refractivity contribution in [1.82, 2.24) is 0 Å². The summed E-state index contributed by atoms with van der Waals surface area (Å²) in [5, 5.41) is 0. The average Bonchev–Trinajstić information content (AvgIpc) is 2.43. The summed E-state index contributed by atoms with van der Waals surface area (Å²) in [6, 6.07) is 10.9. The predicted molar refractivity (Wildman–Crippen MR) is 70.2 cm³/mol. The fourth-order valence-electron chi connectivity index (χ4n) is 1.86. The van der Waals surface area contributed by atoms with E-state index >= 15 is 0 Å². The number of halogens is 2. The molecule has 0 fully saturated rings. The molecule has 0 aliphatic carbocycles. The quantitative estimate of drug-likeness (QED) is 0.761. The van der Waals surface area contributed by atoms with Crippen molar-refractivity contribution in [3.05, 3.63) is 70.8 Å². The molecule has 0 aromatic heterocycles. The zero-order chi connectivity index (χ0) is 13.8. The van der Waals surface area contributed by atoms with Crippen molar-refractivity contribution in [2.24, 2.45) is 0 Å². The van der Waals surface area contributed by atoms with Crippen LogP contribution in [-0.2, 0) is 12.8 Å². The molecular formula is C16H14F2O. The Balaban J connectivity index is 2.13. The molecule has 19 heavy (non-hydrogen) atoms. The second kappa shape index (κ2) is 5.74. The van der Waals surface area contributed by atoms with Crippen molar-refractivity contribution in [2.75, 3.05) is 0 Å². The first-order chi connectivity index (χ1) is 9.10. The molecule has 0 spiro atoms. The Morgan fingerprint density at radius 3 is 2.16 bits per heavy atom. The fraction of sp³-hybridized carbons (Fsp3) is 0.188. The van der Waals surface area contributed by atoms with Gasteiger partial charge in [0.05, 0.1) is 0 Å². The predicted octanol–water partition coefficient (Wildman–Crippen LogP) is 3.95. The van der Waals surface area contributed by atoms with E-state index in [1.165, 1.54) is 6.07 Å². The highest BCUT2D eigenvalue weighted by atomic mass is 19.2. The first-order valence-corrected chi connectivity index (χ1v) is 6.16. The molecule has 1 nitrogen and oxygen atoms in total. The van der Waals surface area contributed by atoms with Gasteiger partial charge in [0.15, 0.2) is 17.4 Å². The molecular weight excluding hydrogens is 246 g/mol. The van der Waals surface area contributed by atoms with E-state index in [1.807, 2.05) is 19.1 Å². The van der Waals surface area contributed by atoms with Gasteiger partial charge in [0, 0.05) is 12.0 Å². The lowest BCUT2D eigenvalue weighted by atomic mass is 10.0. The third-order valence-corrected chi connectivity index (χ3v) is 3.03.